The Balaban J connectivity index is 1.34. The normalized spacial score (nSPS) is 15.9. The number of hydrogen-bond donors (Lipinski definition) is 1. The summed E-state index contributed by atoms with van der Waals surface area (Å²) >= 11 is 0. The van der Waals surface area contributed by atoms with Crippen molar-refractivity contribution in [3.63, 3.8) is 0 Å². The van der Waals surface area contributed by atoms with Gasteiger partial charge in [-0.05, 0) is 43.2 Å². The highest BCUT2D eigenvalue weighted by molar-refractivity contribution is 7.89. The number of carbonyl (C=O) groups excluding carboxylic acids is 1. The minimum atomic E-state index is -3.97. The van der Waals surface area contributed by atoms with Crippen LogP contribution in [-0.4, -0.2) is 61.4 Å². The van der Waals surface area contributed by atoms with E-state index in [2.05, 4.69) is 41.3 Å². The van der Waals surface area contributed by atoms with E-state index in [0.29, 0.717) is 43.4 Å². The van der Waals surface area contributed by atoms with Gasteiger partial charge in [-0.2, -0.15) is 9.40 Å². The molecule has 184 valence electrons. The van der Waals surface area contributed by atoms with Crippen LogP contribution >= 0.6 is 0 Å². The maximum Gasteiger partial charge on any atom is 0.263 e. The number of anilines is 2. The van der Waals surface area contributed by atoms with Crippen molar-refractivity contribution < 1.29 is 22.7 Å². The molecule has 1 saturated heterocycles. The Bertz CT molecular complexity index is 1390. The first-order valence-electron chi connectivity index (χ1n) is 11.3. The molecule has 3 heterocycles. The first kappa shape index (κ1) is 23.2. The lowest BCUT2D eigenvalue weighted by molar-refractivity contribution is 0.102. The summed E-state index contributed by atoms with van der Waals surface area (Å²) in [4.78, 5) is 15.3. The minimum Gasteiger partial charge on any atom is -0.454 e. The fourth-order valence-corrected chi connectivity index (χ4v) is 5.90. The van der Waals surface area contributed by atoms with Crippen LogP contribution in [0.5, 0.6) is 11.5 Å². The summed E-state index contributed by atoms with van der Waals surface area (Å²) in [5.41, 5.74) is 3.96. The number of carbonyl (C=O) groups is 1. The van der Waals surface area contributed by atoms with Crippen molar-refractivity contribution >= 4 is 27.3 Å². The lowest BCUT2D eigenvalue weighted by atomic mass is 10.1. The van der Waals surface area contributed by atoms with Crippen LogP contribution in [0.3, 0.4) is 0 Å². The molecule has 0 unspecified atom stereocenters. The van der Waals surface area contributed by atoms with E-state index in [0.717, 1.165) is 5.69 Å². The van der Waals surface area contributed by atoms with Crippen molar-refractivity contribution in [3.05, 3.63) is 59.3 Å². The van der Waals surface area contributed by atoms with Crippen molar-refractivity contribution in [2.24, 2.45) is 7.05 Å². The number of hydrogen-bond acceptors (Lipinski definition) is 7. The third-order valence-corrected chi connectivity index (χ3v) is 8.24. The average Bonchev–Trinajstić information content (AvgIpc) is 3.47. The molecule has 11 heteroatoms. The summed E-state index contributed by atoms with van der Waals surface area (Å²) in [5, 5.41) is 6.64. The third kappa shape index (κ3) is 4.32. The van der Waals surface area contributed by atoms with Crippen LogP contribution in [0, 0.1) is 13.8 Å². The van der Waals surface area contributed by atoms with Gasteiger partial charge in [-0.1, -0.05) is 12.1 Å². The monoisotopic (exact) mass is 497 g/mol. The highest BCUT2D eigenvalue weighted by Crippen LogP contribution is 2.34. The SMILES string of the molecule is Cc1cccc(N2CCN(S(=O)(=O)c3nn(C)cc3C(=O)Nc3ccc4c(c3)OCO4)CC2)c1C. The van der Waals surface area contributed by atoms with Gasteiger partial charge in [0.2, 0.25) is 11.8 Å². The number of piperazine rings is 1. The molecule has 3 aromatic rings. The molecule has 1 aromatic heterocycles. The van der Waals surface area contributed by atoms with Gasteiger partial charge in [0.05, 0.1) is 5.56 Å². The van der Waals surface area contributed by atoms with Crippen molar-refractivity contribution in [1.82, 2.24) is 14.1 Å². The van der Waals surface area contributed by atoms with Crippen molar-refractivity contribution in [1.29, 1.82) is 0 Å². The second-order valence-corrected chi connectivity index (χ2v) is 10.5. The van der Waals surface area contributed by atoms with Gasteiger partial charge in [-0.3, -0.25) is 9.48 Å². The first-order valence-corrected chi connectivity index (χ1v) is 12.7. The number of fused-ring (bicyclic) bond motifs is 1. The first-order chi connectivity index (χ1) is 16.7. The van der Waals surface area contributed by atoms with Crippen LogP contribution in [0.15, 0.2) is 47.6 Å². The van der Waals surface area contributed by atoms with E-state index in [1.165, 1.54) is 26.3 Å². The second-order valence-electron chi connectivity index (χ2n) is 8.65. The van der Waals surface area contributed by atoms with Gasteiger partial charge in [0.1, 0.15) is 0 Å². The Hall–Kier alpha value is -3.57. The Labute approximate surface area is 204 Å². The predicted molar refractivity (Wildman–Crippen MR) is 131 cm³/mol. The van der Waals surface area contributed by atoms with E-state index in [4.69, 9.17) is 9.47 Å². The maximum absolute atomic E-state index is 13.5. The third-order valence-electron chi connectivity index (χ3n) is 6.41. The van der Waals surface area contributed by atoms with Gasteiger partial charge in [0.25, 0.3) is 15.9 Å². The zero-order valence-electron chi connectivity index (χ0n) is 19.8. The second kappa shape index (κ2) is 8.90. The van der Waals surface area contributed by atoms with Crippen molar-refractivity contribution in [3.8, 4) is 11.5 Å². The molecular formula is C24H27N5O5S. The lowest BCUT2D eigenvalue weighted by Crippen LogP contribution is -2.49. The van der Waals surface area contributed by atoms with E-state index < -0.39 is 15.9 Å². The number of nitrogens with zero attached hydrogens (tertiary/aromatic N) is 4. The maximum atomic E-state index is 13.5. The van der Waals surface area contributed by atoms with E-state index in [-0.39, 0.29) is 17.4 Å². The summed E-state index contributed by atoms with van der Waals surface area (Å²) in [6, 6.07) is 11.1. The highest BCUT2D eigenvalue weighted by Gasteiger charge is 2.35. The zero-order valence-corrected chi connectivity index (χ0v) is 20.6. The molecular weight excluding hydrogens is 470 g/mol. The molecule has 5 rings (SSSR count). The zero-order chi connectivity index (χ0) is 24.7. The van der Waals surface area contributed by atoms with Crippen LogP contribution in [0.1, 0.15) is 21.5 Å². The van der Waals surface area contributed by atoms with Gasteiger partial charge in [-0.15, -0.1) is 0 Å². The molecule has 2 aliphatic rings. The summed E-state index contributed by atoms with van der Waals surface area (Å²) in [7, 11) is -2.38. The van der Waals surface area contributed by atoms with Crippen LogP contribution in [-0.2, 0) is 17.1 Å². The fourth-order valence-electron chi connectivity index (χ4n) is 4.36. The van der Waals surface area contributed by atoms with E-state index in [1.54, 1.807) is 25.2 Å². The molecule has 0 bridgehead atoms. The Morgan fingerprint density at radius 2 is 1.77 bits per heavy atom. The Kier molecular flexibility index (Phi) is 5.89. The lowest BCUT2D eigenvalue weighted by Gasteiger charge is -2.36. The number of aryl methyl sites for hydroxylation is 2. The fraction of sp³-hybridized carbons (Fsp3) is 0.333. The molecule has 35 heavy (non-hydrogen) atoms. The number of amides is 1. The van der Waals surface area contributed by atoms with Gasteiger partial charge >= 0.3 is 0 Å². The molecule has 0 atom stereocenters. The number of sulfonamides is 1. The van der Waals surface area contributed by atoms with Crippen LogP contribution in [0.25, 0.3) is 0 Å². The molecule has 0 aliphatic carbocycles. The number of nitrogens with one attached hydrogen (secondary N) is 1. The highest BCUT2D eigenvalue weighted by atomic mass is 32.2. The average molecular weight is 498 g/mol. The van der Waals surface area contributed by atoms with Gasteiger partial charge in [0.15, 0.2) is 11.5 Å². The van der Waals surface area contributed by atoms with Gasteiger partial charge in [0, 0.05) is 56.9 Å². The van der Waals surface area contributed by atoms with Crippen molar-refractivity contribution in [2.75, 3.05) is 43.2 Å². The summed E-state index contributed by atoms with van der Waals surface area (Å²) < 4.78 is 40.4. The molecule has 0 radical (unpaired) electrons. The standard InChI is InChI=1S/C24H27N5O5S/c1-16-5-4-6-20(17(16)2)28-9-11-29(12-10-28)35(31,32)24-19(14-27(3)26-24)23(30)25-18-7-8-21-22(13-18)34-15-33-21/h4-8,13-14H,9-12,15H2,1-3H3,(H,25,30). The molecule has 0 spiro atoms. The number of aromatic nitrogens is 2. The topological polar surface area (TPSA) is 106 Å². The largest absolute Gasteiger partial charge is 0.454 e. The van der Waals surface area contributed by atoms with Crippen LogP contribution in [0.4, 0.5) is 11.4 Å². The Morgan fingerprint density at radius 1 is 1.03 bits per heavy atom. The predicted octanol–water partition coefficient (Wildman–Crippen LogP) is 2.53. The smallest absolute Gasteiger partial charge is 0.263 e. The van der Waals surface area contributed by atoms with E-state index in [9.17, 15) is 13.2 Å². The van der Waals surface area contributed by atoms with E-state index >= 15 is 0 Å². The number of ether oxygens (including phenoxy) is 2. The molecule has 1 amide bonds. The molecule has 1 N–H and O–H groups in total. The summed E-state index contributed by atoms with van der Waals surface area (Å²) in [6.45, 7) is 5.97. The minimum absolute atomic E-state index is 0.0119. The quantitative estimate of drug-likeness (QED) is 0.577. The van der Waals surface area contributed by atoms with Gasteiger partial charge in [-0.25, -0.2) is 8.42 Å². The molecule has 0 saturated carbocycles. The van der Waals surface area contributed by atoms with Crippen molar-refractivity contribution in [2.45, 2.75) is 18.9 Å². The Morgan fingerprint density at radius 3 is 2.54 bits per heavy atom. The number of rotatable bonds is 5. The summed E-state index contributed by atoms with van der Waals surface area (Å²) in [5.74, 6) is 0.542. The van der Waals surface area contributed by atoms with E-state index in [1.807, 2.05) is 6.07 Å². The molecule has 10 nitrogen and oxygen atoms in total. The molecule has 2 aromatic carbocycles. The molecule has 2 aliphatic heterocycles. The number of benzene rings is 2. The summed E-state index contributed by atoms with van der Waals surface area (Å²) in [6.07, 6.45) is 1.42. The van der Waals surface area contributed by atoms with Crippen LogP contribution in [0.2, 0.25) is 0 Å². The van der Waals surface area contributed by atoms with Crippen LogP contribution < -0.4 is 19.7 Å². The molecule has 1 fully saturated rings. The van der Waals surface area contributed by atoms with Gasteiger partial charge < -0.3 is 19.7 Å².